The molecular formula is C13H15F3N4OS. The van der Waals surface area contributed by atoms with Crippen molar-refractivity contribution >= 4 is 23.0 Å². The Morgan fingerprint density at radius 2 is 2.18 bits per heavy atom. The highest BCUT2D eigenvalue weighted by Gasteiger charge is 2.31. The molecule has 1 heterocycles. The normalized spacial score (nSPS) is 11.8. The van der Waals surface area contributed by atoms with Crippen LogP contribution in [-0.4, -0.2) is 29.4 Å². The van der Waals surface area contributed by atoms with Gasteiger partial charge < -0.3 is 15.0 Å². The third-order valence-corrected chi connectivity index (χ3v) is 3.14. The van der Waals surface area contributed by atoms with Crippen LogP contribution >= 0.6 is 11.9 Å². The second-order valence-corrected chi connectivity index (χ2v) is 5.12. The van der Waals surface area contributed by atoms with Crippen LogP contribution < -0.4 is 14.8 Å². The molecule has 0 fully saturated rings. The Morgan fingerprint density at radius 3 is 2.91 bits per heavy atom. The molecule has 0 spiro atoms. The number of nitrogens with one attached hydrogen (secondary N) is 3. The van der Waals surface area contributed by atoms with E-state index in [2.05, 4.69) is 31.3 Å². The average molecular weight is 332 g/mol. The smallest absolute Gasteiger partial charge is 0.406 e. The van der Waals surface area contributed by atoms with Gasteiger partial charge in [0.15, 0.2) is 0 Å². The summed E-state index contributed by atoms with van der Waals surface area (Å²) < 4.78 is 43.4. The highest BCUT2D eigenvalue weighted by atomic mass is 32.2. The Hall–Kier alpha value is -1.71. The van der Waals surface area contributed by atoms with Crippen molar-refractivity contribution in [2.75, 3.05) is 13.1 Å². The van der Waals surface area contributed by atoms with Crippen LogP contribution in [0.4, 0.5) is 13.2 Å². The van der Waals surface area contributed by atoms with E-state index < -0.39 is 6.36 Å². The number of aromatic nitrogens is 2. The summed E-state index contributed by atoms with van der Waals surface area (Å²) in [6.07, 6.45) is -4.70. The SMILES string of the molecule is C=CSNCCNCc1nc2cc(OC(F)(F)F)ccc2[nH]1. The quantitative estimate of drug-likeness (QED) is 0.512. The van der Waals surface area contributed by atoms with Gasteiger partial charge >= 0.3 is 6.36 Å². The van der Waals surface area contributed by atoms with E-state index >= 15 is 0 Å². The molecule has 9 heteroatoms. The van der Waals surface area contributed by atoms with Crippen molar-refractivity contribution in [3.05, 3.63) is 36.0 Å². The van der Waals surface area contributed by atoms with Crippen molar-refractivity contribution in [3.8, 4) is 5.75 Å². The second-order valence-electron chi connectivity index (χ2n) is 4.27. The van der Waals surface area contributed by atoms with E-state index in [0.29, 0.717) is 23.4 Å². The number of ether oxygens (including phenoxy) is 1. The van der Waals surface area contributed by atoms with Crippen molar-refractivity contribution in [2.24, 2.45) is 0 Å². The molecule has 120 valence electrons. The largest absolute Gasteiger partial charge is 0.573 e. The molecule has 22 heavy (non-hydrogen) atoms. The van der Waals surface area contributed by atoms with Crippen molar-refractivity contribution in [1.82, 2.24) is 20.0 Å². The number of imidazole rings is 1. The van der Waals surface area contributed by atoms with E-state index in [-0.39, 0.29) is 5.75 Å². The number of hydrogen-bond donors (Lipinski definition) is 3. The second kappa shape index (κ2) is 7.52. The molecule has 2 aromatic rings. The molecule has 0 unspecified atom stereocenters. The zero-order valence-corrected chi connectivity index (χ0v) is 12.4. The number of nitrogens with zero attached hydrogens (tertiary/aromatic N) is 1. The zero-order valence-electron chi connectivity index (χ0n) is 11.5. The van der Waals surface area contributed by atoms with Gasteiger partial charge in [-0.25, -0.2) is 4.98 Å². The lowest BCUT2D eigenvalue weighted by atomic mass is 10.3. The van der Waals surface area contributed by atoms with Gasteiger partial charge in [-0.1, -0.05) is 18.5 Å². The highest BCUT2D eigenvalue weighted by molar-refractivity contribution is 8.00. The van der Waals surface area contributed by atoms with Crippen LogP contribution in [0.2, 0.25) is 0 Å². The van der Waals surface area contributed by atoms with E-state index in [1.807, 2.05) is 0 Å². The predicted octanol–water partition coefficient (Wildman–Crippen LogP) is 2.93. The van der Waals surface area contributed by atoms with Crippen molar-refractivity contribution in [3.63, 3.8) is 0 Å². The molecule has 0 atom stereocenters. The molecule has 0 aliphatic carbocycles. The number of halogens is 3. The first kappa shape index (κ1) is 16.7. The maximum atomic E-state index is 12.2. The molecule has 3 N–H and O–H groups in total. The molecule has 0 aliphatic rings. The molecule has 0 amide bonds. The van der Waals surface area contributed by atoms with Gasteiger partial charge in [0.1, 0.15) is 11.6 Å². The first-order valence-corrected chi connectivity index (χ1v) is 7.30. The van der Waals surface area contributed by atoms with Gasteiger partial charge in [0, 0.05) is 19.2 Å². The summed E-state index contributed by atoms with van der Waals surface area (Å²) in [4.78, 5) is 7.27. The van der Waals surface area contributed by atoms with Gasteiger partial charge in [-0.05, 0) is 17.5 Å². The third kappa shape index (κ3) is 5.24. The Kier molecular flexibility index (Phi) is 5.69. The Labute approximate surface area is 129 Å². The molecule has 0 radical (unpaired) electrons. The molecule has 0 saturated heterocycles. The Bertz CT molecular complexity index is 629. The molecular weight excluding hydrogens is 317 g/mol. The summed E-state index contributed by atoms with van der Waals surface area (Å²) in [5, 5.41) is 4.85. The molecule has 0 saturated carbocycles. The van der Waals surface area contributed by atoms with Gasteiger partial charge in [0.25, 0.3) is 0 Å². The van der Waals surface area contributed by atoms with Crippen LogP contribution in [0.25, 0.3) is 11.0 Å². The van der Waals surface area contributed by atoms with Crippen LogP contribution in [0.3, 0.4) is 0 Å². The Balaban J connectivity index is 1.91. The summed E-state index contributed by atoms with van der Waals surface area (Å²) >= 11 is 1.41. The standard InChI is InChI=1S/C13H15F3N4OS/c1-2-22-18-6-5-17-8-12-19-10-4-3-9(7-11(10)20-12)21-13(14,15)16/h2-4,7,17-18H,1,5-6,8H2,(H,19,20). The zero-order chi connectivity index (χ0) is 16.0. The Morgan fingerprint density at radius 1 is 1.36 bits per heavy atom. The molecule has 5 nitrogen and oxygen atoms in total. The minimum absolute atomic E-state index is 0.281. The highest BCUT2D eigenvalue weighted by Crippen LogP contribution is 2.25. The van der Waals surface area contributed by atoms with E-state index in [1.165, 1.54) is 30.1 Å². The molecule has 0 bridgehead atoms. The van der Waals surface area contributed by atoms with Crippen LogP contribution in [0, 0.1) is 0 Å². The molecule has 2 rings (SSSR count). The topological polar surface area (TPSA) is 62.0 Å². The monoisotopic (exact) mass is 332 g/mol. The minimum Gasteiger partial charge on any atom is -0.406 e. The maximum absolute atomic E-state index is 12.2. The van der Waals surface area contributed by atoms with E-state index in [9.17, 15) is 13.2 Å². The number of hydrogen-bond acceptors (Lipinski definition) is 5. The van der Waals surface area contributed by atoms with E-state index in [4.69, 9.17) is 0 Å². The van der Waals surface area contributed by atoms with Gasteiger partial charge in [-0.3, -0.25) is 4.72 Å². The number of alkyl halides is 3. The average Bonchev–Trinajstić information content (AvgIpc) is 2.83. The van der Waals surface area contributed by atoms with Gasteiger partial charge in [0.2, 0.25) is 0 Å². The van der Waals surface area contributed by atoms with Crippen LogP contribution in [0.15, 0.2) is 30.2 Å². The first-order chi connectivity index (χ1) is 10.5. The fourth-order valence-electron chi connectivity index (χ4n) is 1.78. The predicted molar refractivity (Wildman–Crippen MR) is 80.3 cm³/mol. The molecule has 1 aromatic carbocycles. The van der Waals surface area contributed by atoms with E-state index in [1.54, 1.807) is 5.41 Å². The number of fused-ring (bicyclic) bond motifs is 1. The first-order valence-electron chi connectivity index (χ1n) is 6.42. The third-order valence-electron chi connectivity index (χ3n) is 2.60. The van der Waals surface area contributed by atoms with Crippen LogP contribution in [-0.2, 0) is 6.54 Å². The summed E-state index contributed by atoms with van der Waals surface area (Å²) in [7, 11) is 0. The lowest BCUT2D eigenvalue weighted by Crippen LogP contribution is -2.23. The molecule has 1 aromatic heterocycles. The maximum Gasteiger partial charge on any atom is 0.573 e. The summed E-state index contributed by atoms with van der Waals surface area (Å²) in [6.45, 7) is 5.53. The van der Waals surface area contributed by atoms with Crippen LogP contribution in [0.1, 0.15) is 5.82 Å². The number of benzene rings is 1. The fraction of sp³-hybridized carbons (Fsp3) is 0.308. The lowest BCUT2D eigenvalue weighted by Gasteiger charge is -2.07. The van der Waals surface area contributed by atoms with Crippen LogP contribution in [0.5, 0.6) is 5.75 Å². The minimum atomic E-state index is -4.70. The number of H-pyrrole nitrogens is 1. The summed E-state index contributed by atoms with van der Waals surface area (Å²) in [5.41, 5.74) is 1.09. The van der Waals surface area contributed by atoms with Gasteiger partial charge in [0.05, 0.1) is 17.6 Å². The fourth-order valence-corrected chi connectivity index (χ4v) is 2.12. The van der Waals surface area contributed by atoms with Gasteiger partial charge in [-0.2, -0.15) is 0 Å². The summed E-state index contributed by atoms with van der Waals surface area (Å²) in [5.74, 6) is 0.368. The van der Waals surface area contributed by atoms with Crippen molar-refractivity contribution < 1.29 is 17.9 Å². The number of rotatable bonds is 8. The van der Waals surface area contributed by atoms with Crippen molar-refractivity contribution in [2.45, 2.75) is 12.9 Å². The summed E-state index contributed by atoms with van der Waals surface area (Å²) in [6, 6.07) is 4.02. The van der Waals surface area contributed by atoms with Crippen molar-refractivity contribution in [1.29, 1.82) is 0 Å². The lowest BCUT2D eigenvalue weighted by molar-refractivity contribution is -0.274. The van der Waals surface area contributed by atoms with Gasteiger partial charge in [-0.15, -0.1) is 13.2 Å². The van der Waals surface area contributed by atoms with E-state index in [0.717, 1.165) is 13.1 Å². The molecule has 0 aliphatic heterocycles. The number of aromatic amines is 1.